The zero-order chi connectivity index (χ0) is 9.68. The van der Waals surface area contributed by atoms with Crippen molar-refractivity contribution >= 4 is 5.97 Å². The number of rotatable bonds is 3. The average Bonchev–Trinajstić information content (AvgIpc) is 2.04. The van der Waals surface area contributed by atoms with Crippen LogP contribution in [0.15, 0.2) is 24.3 Å². The van der Waals surface area contributed by atoms with Gasteiger partial charge in [-0.2, -0.15) is 0 Å². The van der Waals surface area contributed by atoms with Gasteiger partial charge in [0.1, 0.15) is 18.1 Å². The summed E-state index contributed by atoms with van der Waals surface area (Å²) in [6.45, 7) is -0.102. The summed E-state index contributed by atoms with van der Waals surface area (Å²) in [5.74, 6) is -0.127. The summed E-state index contributed by atoms with van der Waals surface area (Å²) in [6, 6.07) is 6.01. The van der Waals surface area contributed by atoms with E-state index in [0.29, 0.717) is 5.75 Å². The molecule has 1 rings (SSSR count). The quantitative estimate of drug-likeness (QED) is 0.558. The van der Waals surface area contributed by atoms with E-state index in [1.54, 1.807) is 12.1 Å². The van der Waals surface area contributed by atoms with Gasteiger partial charge in [0.05, 0.1) is 0 Å². The van der Waals surface area contributed by atoms with Crippen LogP contribution in [-0.4, -0.2) is 24.8 Å². The maximum absolute atomic E-state index is 10.9. The molecule has 0 bridgehead atoms. The SMILES string of the molecule is COCC(=O)Oc1cccc(O)c1. The average molecular weight is 182 g/mol. The van der Waals surface area contributed by atoms with Crippen LogP contribution in [-0.2, 0) is 9.53 Å². The molecule has 0 aliphatic heterocycles. The minimum Gasteiger partial charge on any atom is -0.508 e. The molecule has 0 heterocycles. The Kier molecular flexibility index (Phi) is 3.28. The van der Waals surface area contributed by atoms with Gasteiger partial charge in [-0.1, -0.05) is 6.07 Å². The fourth-order valence-corrected chi connectivity index (χ4v) is 0.826. The van der Waals surface area contributed by atoms with Gasteiger partial charge in [0.15, 0.2) is 0 Å². The molecule has 0 aromatic heterocycles. The molecule has 0 aliphatic rings. The number of carbonyl (C=O) groups is 1. The van der Waals surface area contributed by atoms with Gasteiger partial charge < -0.3 is 14.6 Å². The molecule has 1 N–H and O–H groups in total. The lowest BCUT2D eigenvalue weighted by atomic mass is 10.3. The second-order valence-corrected chi connectivity index (χ2v) is 2.40. The fourth-order valence-electron chi connectivity index (χ4n) is 0.826. The third-order valence-electron chi connectivity index (χ3n) is 1.31. The van der Waals surface area contributed by atoms with Crippen molar-refractivity contribution in [2.75, 3.05) is 13.7 Å². The number of hydrogen-bond acceptors (Lipinski definition) is 4. The van der Waals surface area contributed by atoms with E-state index in [0.717, 1.165) is 0 Å². The third-order valence-corrected chi connectivity index (χ3v) is 1.31. The summed E-state index contributed by atoms with van der Waals surface area (Å²) >= 11 is 0. The van der Waals surface area contributed by atoms with Crippen LogP contribution in [0.1, 0.15) is 0 Å². The lowest BCUT2D eigenvalue weighted by Gasteiger charge is -2.02. The Morgan fingerprint density at radius 1 is 1.54 bits per heavy atom. The minimum atomic E-state index is -0.492. The van der Waals surface area contributed by atoms with Gasteiger partial charge in [0, 0.05) is 13.2 Å². The number of phenolic OH excluding ortho intramolecular Hbond substituents is 1. The molecule has 1 aromatic rings. The molecular weight excluding hydrogens is 172 g/mol. The number of esters is 1. The smallest absolute Gasteiger partial charge is 0.337 e. The van der Waals surface area contributed by atoms with Crippen LogP contribution in [0, 0.1) is 0 Å². The molecule has 0 atom stereocenters. The minimum absolute atomic E-state index is 0.0581. The molecule has 1 aromatic carbocycles. The van der Waals surface area contributed by atoms with E-state index >= 15 is 0 Å². The first-order valence-electron chi connectivity index (χ1n) is 3.71. The predicted octanol–water partition coefficient (Wildman–Crippen LogP) is 0.944. The summed E-state index contributed by atoms with van der Waals surface area (Å²) in [7, 11) is 1.41. The maximum atomic E-state index is 10.9. The van der Waals surface area contributed by atoms with Crippen molar-refractivity contribution in [2.45, 2.75) is 0 Å². The summed E-state index contributed by atoms with van der Waals surface area (Å²) in [4.78, 5) is 10.9. The number of methoxy groups -OCH3 is 1. The summed E-state index contributed by atoms with van der Waals surface area (Å²) in [5, 5.41) is 9.03. The highest BCUT2D eigenvalue weighted by atomic mass is 16.6. The molecule has 4 nitrogen and oxygen atoms in total. The third kappa shape index (κ3) is 3.13. The second-order valence-electron chi connectivity index (χ2n) is 2.40. The normalized spacial score (nSPS) is 9.62. The van der Waals surface area contributed by atoms with E-state index in [-0.39, 0.29) is 12.4 Å². The zero-order valence-electron chi connectivity index (χ0n) is 7.19. The number of hydrogen-bond donors (Lipinski definition) is 1. The van der Waals surface area contributed by atoms with E-state index in [4.69, 9.17) is 9.84 Å². The molecule has 0 fully saturated rings. The summed E-state index contributed by atoms with van der Waals surface area (Å²) in [6.07, 6.45) is 0. The van der Waals surface area contributed by atoms with Crippen LogP contribution >= 0.6 is 0 Å². The van der Waals surface area contributed by atoms with E-state index in [1.165, 1.54) is 19.2 Å². The highest BCUT2D eigenvalue weighted by Gasteiger charge is 2.03. The van der Waals surface area contributed by atoms with Crippen molar-refractivity contribution in [3.63, 3.8) is 0 Å². The molecule has 0 unspecified atom stereocenters. The largest absolute Gasteiger partial charge is 0.508 e. The van der Waals surface area contributed by atoms with Gasteiger partial charge in [-0.15, -0.1) is 0 Å². The van der Waals surface area contributed by atoms with Gasteiger partial charge in [0.2, 0.25) is 0 Å². The Morgan fingerprint density at radius 2 is 2.31 bits per heavy atom. The number of ether oxygens (including phenoxy) is 2. The molecule has 4 heteroatoms. The number of carbonyl (C=O) groups excluding carboxylic acids is 1. The molecule has 13 heavy (non-hydrogen) atoms. The van der Waals surface area contributed by atoms with E-state index < -0.39 is 5.97 Å². The molecule has 0 amide bonds. The molecular formula is C9H10O4. The topological polar surface area (TPSA) is 55.8 Å². The Labute approximate surface area is 75.7 Å². The first-order valence-corrected chi connectivity index (χ1v) is 3.71. The predicted molar refractivity (Wildman–Crippen MR) is 45.6 cm³/mol. The molecule has 0 aliphatic carbocycles. The number of phenols is 1. The first kappa shape index (κ1) is 9.54. The standard InChI is InChI=1S/C9H10O4/c1-12-6-9(11)13-8-4-2-3-7(10)5-8/h2-5,10H,6H2,1H3. The van der Waals surface area contributed by atoms with Gasteiger partial charge in [-0.3, -0.25) is 0 Å². The number of benzene rings is 1. The molecule has 70 valence electrons. The van der Waals surface area contributed by atoms with E-state index in [1.807, 2.05) is 0 Å². The van der Waals surface area contributed by atoms with Gasteiger partial charge in [-0.05, 0) is 12.1 Å². The van der Waals surface area contributed by atoms with Crippen molar-refractivity contribution in [1.29, 1.82) is 0 Å². The van der Waals surface area contributed by atoms with Crippen molar-refractivity contribution in [3.8, 4) is 11.5 Å². The van der Waals surface area contributed by atoms with Crippen LogP contribution in [0.5, 0.6) is 11.5 Å². The first-order chi connectivity index (χ1) is 6.22. The number of aromatic hydroxyl groups is 1. The zero-order valence-corrected chi connectivity index (χ0v) is 7.19. The fraction of sp³-hybridized carbons (Fsp3) is 0.222. The van der Waals surface area contributed by atoms with Crippen LogP contribution in [0.3, 0.4) is 0 Å². The highest BCUT2D eigenvalue weighted by Crippen LogP contribution is 2.17. The molecule has 0 saturated carbocycles. The van der Waals surface area contributed by atoms with Gasteiger partial charge in [-0.25, -0.2) is 4.79 Å². The second kappa shape index (κ2) is 4.47. The summed E-state index contributed by atoms with van der Waals surface area (Å²) in [5.41, 5.74) is 0. The molecule has 0 radical (unpaired) electrons. The van der Waals surface area contributed by atoms with Crippen molar-refractivity contribution in [1.82, 2.24) is 0 Å². The monoisotopic (exact) mass is 182 g/mol. The molecule has 0 saturated heterocycles. The lowest BCUT2D eigenvalue weighted by Crippen LogP contribution is -2.13. The van der Waals surface area contributed by atoms with Crippen LogP contribution < -0.4 is 4.74 Å². The Balaban J connectivity index is 2.58. The van der Waals surface area contributed by atoms with Crippen LogP contribution in [0.25, 0.3) is 0 Å². The Hall–Kier alpha value is -1.55. The van der Waals surface area contributed by atoms with Gasteiger partial charge in [0.25, 0.3) is 0 Å². The summed E-state index contributed by atoms with van der Waals surface area (Å²) < 4.78 is 9.38. The lowest BCUT2D eigenvalue weighted by molar-refractivity contribution is -0.138. The van der Waals surface area contributed by atoms with E-state index in [2.05, 4.69) is 4.74 Å². The van der Waals surface area contributed by atoms with Crippen molar-refractivity contribution in [2.24, 2.45) is 0 Å². The molecule has 0 spiro atoms. The Bertz CT molecular complexity index is 295. The Morgan fingerprint density at radius 3 is 2.92 bits per heavy atom. The van der Waals surface area contributed by atoms with E-state index in [9.17, 15) is 4.79 Å². The maximum Gasteiger partial charge on any atom is 0.337 e. The van der Waals surface area contributed by atoms with Crippen LogP contribution in [0.2, 0.25) is 0 Å². The van der Waals surface area contributed by atoms with Crippen molar-refractivity contribution < 1.29 is 19.4 Å². The van der Waals surface area contributed by atoms with Crippen molar-refractivity contribution in [3.05, 3.63) is 24.3 Å². The van der Waals surface area contributed by atoms with Gasteiger partial charge >= 0.3 is 5.97 Å². The highest BCUT2D eigenvalue weighted by molar-refractivity contribution is 5.73. The van der Waals surface area contributed by atoms with Crippen LogP contribution in [0.4, 0.5) is 0 Å².